The first-order chi connectivity index (χ1) is 8.09. The minimum atomic E-state index is -0.953. The number of carbonyl (C=O) groups is 2. The van der Waals surface area contributed by atoms with Crippen LogP contribution >= 0.6 is 0 Å². The van der Waals surface area contributed by atoms with Crippen LogP contribution in [0.4, 0.5) is 5.69 Å². The minimum Gasteiger partial charge on any atom is -0.478 e. The second-order valence-corrected chi connectivity index (χ2v) is 3.99. The first-order valence-electron chi connectivity index (χ1n) is 5.36. The molecular weight excluding hydrogens is 218 g/mol. The fourth-order valence-corrected chi connectivity index (χ4v) is 2.02. The second-order valence-electron chi connectivity index (χ2n) is 3.99. The van der Waals surface area contributed by atoms with Crippen molar-refractivity contribution in [2.75, 3.05) is 11.9 Å². The Balaban J connectivity index is 2.26. The molecule has 88 valence electrons. The number of hydrogen-bond acceptors (Lipinski definition) is 2. The number of rotatable bonds is 3. The third kappa shape index (κ3) is 2.20. The van der Waals surface area contributed by atoms with Gasteiger partial charge in [-0.05, 0) is 23.6 Å². The molecule has 4 heteroatoms. The van der Waals surface area contributed by atoms with Crippen molar-refractivity contribution >= 4 is 17.6 Å². The molecule has 0 atom stereocenters. The highest BCUT2D eigenvalue weighted by molar-refractivity contribution is 6.01. The first-order valence-corrected chi connectivity index (χ1v) is 5.36. The fourth-order valence-electron chi connectivity index (χ4n) is 2.02. The number of carboxylic acid groups (broad SMARTS) is 1. The van der Waals surface area contributed by atoms with Crippen LogP contribution in [-0.2, 0) is 22.4 Å². The molecule has 1 aromatic rings. The van der Waals surface area contributed by atoms with Gasteiger partial charge in [0.1, 0.15) is 0 Å². The fraction of sp³-hybridized carbons (Fsp3) is 0.231. The van der Waals surface area contributed by atoms with E-state index in [1.165, 1.54) is 0 Å². The number of carbonyl (C=O) groups excluding carboxylic acids is 1. The predicted octanol–water partition coefficient (Wildman–Crippen LogP) is 1.39. The van der Waals surface area contributed by atoms with Crippen LogP contribution < -0.4 is 4.90 Å². The summed E-state index contributed by atoms with van der Waals surface area (Å²) in [5.74, 6) is -0.875. The standard InChI is InChI=1S/C13H13NO3/c1-14-11-6-2-4-9(5-3-7-13(16)17)10(11)8-12(14)15/h2-4,6-7H,5,8H2,1H3,(H,16,17)/b7-3+. The molecule has 1 aliphatic heterocycles. The van der Waals surface area contributed by atoms with E-state index in [1.807, 2.05) is 18.2 Å². The number of carboxylic acids is 1. The van der Waals surface area contributed by atoms with E-state index < -0.39 is 5.97 Å². The van der Waals surface area contributed by atoms with Gasteiger partial charge in [-0.25, -0.2) is 4.79 Å². The van der Waals surface area contributed by atoms with E-state index in [-0.39, 0.29) is 5.91 Å². The minimum absolute atomic E-state index is 0.0784. The Bertz CT molecular complexity index is 505. The number of fused-ring (bicyclic) bond motifs is 1. The van der Waals surface area contributed by atoms with Crippen LogP contribution in [0.3, 0.4) is 0 Å². The van der Waals surface area contributed by atoms with Gasteiger partial charge < -0.3 is 10.0 Å². The molecule has 0 saturated heterocycles. The molecule has 0 aromatic heterocycles. The number of amides is 1. The zero-order valence-corrected chi connectivity index (χ0v) is 9.51. The summed E-state index contributed by atoms with van der Waals surface area (Å²) in [6.07, 6.45) is 3.67. The van der Waals surface area contributed by atoms with Crippen LogP contribution in [0, 0.1) is 0 Å². The van der Waals surface area contributed by atoms with Gasteiger partial charge in [0.25, 0.3) is 0 Å². The summed E-state index contributed by atoms with van der Waals surface area (Å²) in [7, 11) is 1.75. The maximum Gasteiger partial charge on any atom is 0.327 e. The highest BCUT2D eigenvalue weighted by Crippen LogP contribution is 2.30. The van der Waals surface area contributed by atoms with Gasteiger partial charge in [-0.1, -0.05) is 18.2 Å². The smallest absolute Gasteiger partial charge is 0.327 e. The molecular formula is C13H13NO3. The third-order valence-electron chi connectivity index (χ3n) is 2.91. The van der Waals surface area contributed by atoms with Crippen molar-refractivity contribution in [2.24, 2.45) is 0 Å². The van der Waals surface area contributed by atoms with E-state index in [0.717, 1.165) is 22.9 Å². The summed E-state index contributed by atoms with van der Waals surface area (Å²) < 4.78 is 0. The molecule has 0 bridgehead atoms. The zero-order chi connectivity index (χ0) is 12.4. The lowest BCUT2D eigenvalue weighted by Gasteiger charge is -2.10. The van der Waals surface area contributed by atoms with Crippen molar-refractivity contribution in [1.82, 2.24) is 0 Å². The van der Waals surface area contributed by atoms with Crippen molar-refractivity contribution < 1.29 is 14.7 Å². The van der Waals surface area contributed by atoms with E-state index in [1.54, 1.807) is 18.0 Å². The van der Waals surface area contributed by atoms with Gasteiger partial charge in [-0.15, -0.1) is 0 Å². The molecule has 2 rings (SSSR count). The molecule has 1 N–H and O–H groups in total. The van der Waals surface area contributed by atoms with Gasteiger partial charge in [-0.3, -0.25) is 4.79 Å². The SMILES string of the molecule is CN1C(=O)Cc2c(C/C=C/C(=O)O)cccc21. The van der Waals surface area contributed by atoms with Gasteiger partial charge >= 0.3 is 5.97 Å². The average molecular weight is 231 g/mol. The van der Waals surface area contributed by atoms with Crippen LogP contribution in [0.5, 0.6) is 0 Å². The molecule has 1 amide bonds. The van der Waals surface area contributed by atoms with Crippen LogP contribution in [0.15, 0.2) is 30.4 Å². The molecule has 0 spiro atoms. The van der Waals surface area contributed by atoms with Crippen molar-refractivity contribution in [3.05, 3.63) is 41.5 Å². The maximum atomic E-state index is 11.6. The molecule has 4 nitrogen and oxygen atoms in total. The molecule has 0 fully saturated rings. The number of hydrogen-bond donors (Lipinski definition) is 1. The first kappa shape index (κ1) is 11.4. The van der Waals surface area contributed by atoms with E-state index in [9.17, 15) is 9.59 Å². The Kier molecular flexibility index (Phi) is 2.95. The number of nitrogens with zero attached hydrogens (tertiary/aromatic N) is 1. The van der Waals surface area contributed by atoms with E-state index in [0.29, 0.717) is 12.8 Å². The normalized spacial score (nSPS) is 14.4. The van der Waals surface area contributed by atoms with Crippen LogP contribution in [0.2, 0.25) is 0 Å². The van der Waals surface area contributed by atoms with E-state index >= 15 is 0 Å². The lowest BCUT2D eigenvalue weighted by molar-refractivity contribution is -0.131. The Morgan fingerprint density at radius 1 is 1.53 bits per heavy atom. The van der Waals surface area contributed by atoms with Gasteiger partial charge in [-0.2, -0.15) is 0 Å². The third-order valence-corrected chi connectivity index (χ3v) is 2.91. The summed E-state index contributed by atoms with van der Waals surface area (Å²) in [4.78, 5) is 23.6. The predicted molar refractivity (Wildman–Crippen MR) is 64.0 cm³/mol. The quantitative estimate of drug-likeness (QED) is 0.800. The van der Waals surface area contributed by atoms with Crippen LogP contribution in [-0.4, -0.2) is 24.0 Å². The Labute approximate surface area is 99.2 Å². The van der Waals surface area contributed by atoms with Crippen molar-refractivity contribution in [3.63, 3.8) is 0 Å². The van der Waals surface area contributed by atoms with Gasteiger partial charge in [0.2, 0.25) is 5.91 Å². The number of benzene rings is 1. The Morgan fingerprint density at radius 3 is 3.00 bits per heavy atom. The topological polar surface area (TPSA) is 57.6 Å². The van der Waals surface area contributed by atoms with Gasteiger partial charge in [0.05, 0.1) is 6.42 Å². The second kappa shape index (κ2) is 4.41. The molecule has 1 aliphatic rings. The summed E-state index contributed by atoms with van der Waals surface area (Å²) >= 11 is 0. The van der Waals surface area contributed by atoms with Crippen molar-refractivity contribution in [3.8, 4) is 0 Å². The van der Waals surface area contributed by atoms with Gasteiger partial charge in [0.15, 0.2) is 0 Å². The lowest BCUT2D eigenvalue weighted by atomic mass is 10.0. The largest absolute Gasteiger partial charge is 0.478 e. The highest BCUT2D eigenvalue weighted by atomic mass is 16.4. The number of allylic oxidation sites excluding steroid dienone is 1. The number of aliphatic carboxylic acids is 1. The number of anilines is 1. The molecule has 1 heterocycles. The van der Waals surface area contributed by atoms with E-state index in [4.69, 9.17) is 5.11 Å². The summed E-state index contributed by atoms with van der Waals surface area (Å²) in [5.41, 5.74) is 2.95. The molecule has 1 aromatic carbocycles. The van der Waals surface area contributed by atoms with Crippen molar-refractivity contribution in [1.29, 1.82) is 0 Å². The molecule has 0 saturated carbocycles. The Morgan fingerprint density at radius 2 is 2.29 bits per heavy atom. The average Bonchev–Trinajstić information content (AvgIpc) is 2.56. The molecule has 0 radical (unpaired) electrons. The maximum absolute atomic E-state index is 11.6. The molecule has 17 heavy (non-hydrogen) atoms. The highest BCUT2D eigenvalue weighted by Gasteiger charge is 2.25. The molecule has 0 unspecified atom stereocenters. The van der Waals surface area contributed by atoms with Crippen LogP contribution in [0.1, 0.15) is 11.1 Å². The van der Waals surface area contributed by atoms with Crippen molar-refractivity contribution in [2.45, 2.75) is 12.8 Å². The number of likely N-dealkylation sites (N-methyl/N-ethyl adjacent to an activating group) is 1. The lowest BCUT2D eigenvalue weighted by Crippen LogP contribution is -2.20. The van der Waals surface area contributed by atoms with E-state index in [2.05, 4.69) is 0 Å². The molecule has 0 aliphatic carbocycles. The van der Waals surface area contributed by atoms with Crippen LogP contribution in [0.25, 0.3) is 0 Å². The Hall–Kier alpha value is -2.10. The zero-order valence-electron chi connectivity index (χ0n) is 9.51. The van der Waals surface area contributed by atoms with Gasteiger partial charge in [0, 0.05) is 18.8 Å². The summed E-state index contributed by atoms with van der Waals surface area (Å²) in [6, 6.07) is 5.72. The summed E-state index contributed by atoms with van der Waals surface area (Å²) in [5, 5.41) is 8.52. The monoisotopic (exact) mass is 231 g/mol. The summed E-state index contributed by atoms with van der Waals surface area (Å²) in [6.45, 7) is 0.